The maximum absolute atomic E-state index is 13.6. The molecule has 108 valence electrons. The molecule has 1 heterocycles. The highest BCUT2D eigenvalue weighted by Crippen LogP contribution is 2.36. The molecule has 6 heteroatoms. The van der Waals surface area contributed by atoms with E-state index in [4.69, 9.17) is 0 Å². The molecule has 2 aliphatic rings. The van der Waals surface area contributed by atoms with E-state index in [1.807, 2.05) is 0 Å². The van der Waals surface area contributed by atoms with Crippen LogP contribution in [0.4, 0.5) is 10.1 Å². The topological polar surface area (TPSA) is 57.6 Å². The fraction of sp³-hybridized carbons (Fsp3) is 0.267. The number of hydrogen-bond donors (Lipinski definition) is 1. The van der Waals surface area contributed by atoms with Gasteiger partial charge >= 0.3 is 0 Å². The van der Waals surface area contributed by atoms with Crippen molar-refractivity contribution < 1.29 is 19.1 Å². The van der Waals surface area contributed by atoms with E-state index in [1.165, 1.54) is 12.1 Å². The zero-order valence-corrected chi connectivity index (χ0v) is 11.9. The van der Waals surface area contributed by atoms with Crippen LogP contribution in [0.15, 0.2) is 29.3 Å². The number of carbonyl (C=O) groups is 2. The molecule has 1 aromatic carbocycles. The number of aliphatic hydroxyl groups excluding tert-OH is 1. The number of nitrogens with zero attached hydrogens (tertiary/aromatic N) is 1. The van der Waals surface area contributed by atoms with Gasteiger partial charge in [-0.3, -0.25) is 9.59 Å². The highest BCUT2D eigenvalue weighted by molar-refractivity contribution is 7.80. The molecule has 0 unspecified atom stereocenters. The summed E-state index contributed by atoms with van der Waals surface area (Å²) in [6, 6.07) is 3.66. The summed E-state index contributed by atoms with van der Waals surface area (Å²) in [7, 11) is 0. The molecule has 1 aliphatic carbocycles. The SMILES string of the molecule is O=C1C2=C(CCCC2)C(=O)N1c1ccc(F)c(C(O)=S)c1. The van der Waals surface area contributed by atoms with Crippen LogP contribution in [0.5, 0.6) is 0 Å². The lowest BCUT2D eigenvalue weighted by Gasteiger charge is -2.16. The number of carbonyl (C=O) groups excluding carboxylic acids is 2. The van der Waals surface area contributed by atoms with Gasteiger partial charge in [0.1, 0.15) is 5.82 Å². The number of rotatable bonds is 2. The summed E-state index contributed by atoms with van der Waals surface area (Å²) in [5, 5.41) is 8.70. The van der Waals surface area contributed by atoms with E-state index in [0.717, 1.165) is 23.8 Å². The van der Waals surface area contributed by atoms with Crippen LogP contribution >= 0.6 is 12.2 Å². The van der Waals surface area contributed by atoms with Crippen LogP contribution < -0.4 is 4.90 Å². The monoisotopic (exact) mass is 305 g/mol. The van der Waals surface area contributed by atoms with E-state index in [2.05, 4.69) is 12.2 Å². The number of imide groups is 1. The van der Waals surface area contributed by atoms with Gasteiger partial charge in [-0.05, 0) is 56.1 Å². The van der Waals surface area contributed by atoms with Crippen LogP contribution in [0.25, 0.3) is 0 Å². The second-order valence-corrected chi connectivity index (χ2v) is 5.47. The van der Waals surface area contributed by atoms with Gasteiger partial charge in [-0.1, -0.05) is 0 Å². The summed E-state index contributed by atoms with van der Waals surface area (Å²) < 4.78 is 13.6. The van der Waals surface area contributed by atoms with Crippen molar-refractivity contribution in [3.63, 3.8) is 0 Å². The van der Waals surface area contributed by atoms with E-state index in [1.54, 1.807) is 0 Å². The average Bonchev–Trinajstić information content (AvgIpc) is 2.72. The van der Waals surface area contributed by atoms with Crippen LogP contribution in [0.3, 0.4) is 0 Å². The highest BCUT2D eigenvalue weighted by atomic mass is 32.1. The quantitative estimate of drug-likeness (QED) is 0.674. The second kappa shape index (κ2) is 5.04. The Kier molecular flexibility index (Phi) is 3.33. The van der Waals surface area contributed by atoms with E-state index in [-0.39, 0.29) is 23.1 Å². The van der Waals surface area contributed by atoms with E-state index < -0.39 is 10.9 Å². The normalized spacial score (nSPS) is 18.2. The number of amides is 2. The third kappa shape index (κ3) is 2.15. The molecule has 21 heavy (non-hydrogen) atoms. The van der Waals surface area contributed by atoms with Gasteiger partial charge in [0.25, 0.3) is 11.8 Å². The Morgan fingerprint density at radius 1 is 1.14 bits per heavy atom. The number of aliphatic hydroxyl groups is 1. The molecular weight excluding hydrogens is 293 g/mol. The number of halogens is 1. The number of thiocarbonyl (C=S) groups is 1. The molecule has 4 nitrogen and oxygen atoms in total. The van der Waals surface area contributed by atoms with Crippen molar-refractivity contribution in [2.75, 3.05) is 4.90 Å². The van der Waals surface area contributed by atoms with Gasteiger partial charge in [0, 0.05) is 11.1 Å². The fourth-order valence-electron chi connectivity index (χ4n) is 2.79. The fourth-order valence-corrected chi connectivity index (χ4v) is 2.95. The Morgan fingerprint density at radius 3 is 2.24 bits per heavy atom. The van der Waals surface area contributed by atoms with Crippen molar-refractivity contribution in [2.45, 2.75) is 25.7 Å². The van der Waals surface area contributed by atoms with Gasteiger partial charge in [-0.15, -0.1) is 0 Å². The summed E-state index contributed by atoms with van der Waals surface area (Å²) in [6.45, 7) is 0. The minimum Gasteiger partial charge on any atom is -0.498 e. The average molecular weight is 305 g/mol. The minimum absolute atomic E-state index is 0.187. The van der Waals surface area contributed by atoms with Gasteiger partial charge in [-0.2, -0.15) is 0 Å². The molecule has 2 amide bonds. The van der Waals surface area contributed by atoms with Gasteiger partial charge in [0.15, 0.2) is 5.05 Å². The zero-order valence-electron chi connectivity index (χ0n) is 11.1. The van der Waals surface area contributed by atoms with Gasteiger partial charge in [0.05, 0.1) is 11.3 Å². The molecule has 0 atom stereocenters. The smallest absolute Gasteiger partial charge is 0.261 e. The Hall–Kier alpha value is -2.08. The third-order valence-electron chi connectivity index (χ3n) is 3.83. The van der Waals surface area contributed by atoms with Crippen molar-refractivity contribution in [2.24, 2.45) is 0 Å². The Morgan fingerprint density at radius 2 is 1.71 bits per heavy atom. The van der Waals surface area contributed by atoms with Crippen molar-refractivity contribution in [3.8, 4) is 0 Å². The first-order chi connectivity index (χ1) is 10.0. The van der Waals surface area contributed by atoms with Crippen LogP contribution in [-0.2, 0) is 9.59 Å². The highest BCUT2D eigenvalue weighted by Gasteiger charge is 2.39. The first kappa shape index (κ1) is 13.9. The summed E-state index contributed by atoms with van der Waals surface area (Å²) in [6.07, 6.45) is 2.98. The molecule has 1 N–H and O–H groups in total. The number of benzene rings is 1. The standard InChI is InChI=1S/C15H12FNO3S/c16-12-6-5-8(7-11(12)15(20)21)17-13(18)9-3-1-2-4-10(9)14(17)19/h5-7H,1-4H2,(H,20,21). The van der Waals surface area contributed by atoms with Gasteiger partial charge in [0.2, 0.25) is 0 Å². The maximum Gasteiger partial charge on any atom is 0.261 e. The molecule has 0 fully saturated rings. The van der Waals surface area contributed by atoms with E-state index in [9.17, 15) is 19.1 Å². The largest absolute Gasteiger partial charge is 0.498 e. The zero-order chi connectivity index (χ0) is 15.1. The Balaban J connectivity index is 2.03. The van der Waals surface area contributed by atoms with Crippen LogP contribution in [0.2, 0.25) is 0 Å². The lowest BCUT2D eigenvalue weighted by Crippen LogP contribution is -2.31. The molecule has 0 saturated heterocycles. The summed E-state index contributed by atoms with van der Waals surface area (Å²) in [5.41, 5.74) is 1.16. The number of hydrogen-bond acceptors (Lipinski definition) is 3. The summed E-state index contributed by atoms with van der Waals surface area (Å²) in [4.78, 5) is 25.8. The molecule has 0 bridgehead atoms. The van der Waals surface area contributed by atoms with Gasteiger partial charge in [-0.25, -0.2) is 9.29 Å². The predicted octanol–water partition coefficient (Wildman–Crippen LogP) is 2.80. The predicted molar refractivity (Wildman–Crippen MR) is 78.7 cm³/mol. The molecule has 0 radical (unpaired) electrons. The molecular formula is C15H12FNO3S. The first-order valence-electron chi connectivity index (χ1n) is 6.64. The Bertz CT molecular complexity index is 683. The maximum atomic E-state index is 13.6. The van der Waals surface area contributed by atoms with Crippen LogP contribution in [0, 0.1) is 5.82 Å². The molecule has 1 aromatic rings. The van der Waals surface area contributed by atoms with Crippen LogP contribution in [-0.4, -0.2) is 22.0 Å². The summed E-state index contributed by atoms with van der Waals surface area (Å²) in [5.74, 6) is -1.39. The molecule has 0 saturated carbocycles. The summed E-state index contributed by atoms with van der Waals surface area (Å²) >= 11 is 4.56. The second-order valence-electron chi connectivity index (χ2n) is 5.08. The van der Waals surface area contributed by atoms with Crippen molar-refractivity contribution in [3.05, 3.63) is 40.7 Å². The van der Waals surface area contributed by atoms with E-state index in [0.29, 0.717) is 24.0 Å². The molecule has 0 aromatic heterocycles. The number of anilines is 1. The van der Waals surface area contributed by atoms with E-state index >= 15 is 0 Å². The third-order valence-corrected chi connectivity index (χ3v) is 4.05. The molecule has 1 aliphatic heterocycles. The minimum atomic E-state index is -0.692. The lowest BCUT2D eigenvalue weighted by atomic mass is 9.93. The van der Waals surface area contributed by atoms with Crippen LogP contribution in [0.1, 0.15) is 31.2 Å². The lowest BCUT2D eigenvalue weighted by molar-refractivity contribution is -0.120. The van der Waals surface area contributed by atoms with Crippen molar-refractivity contribution in [1.82, 2.24) is 0 Å². The van der Waals surface area contributed by atoms with Crippen molar-refractivity contribution >= 4 is 34.8 Å². The molecule has 0 spiro atoms. The molecule has 3 rings (SSSR count). The van der Waals surface area contributed by atoms with Gasteiger partial charge < -0.3 is 5.11 Å². The van der Waals surface area contributed by atoms with Crippen molar-refractivity contribution in [1.29, 1.82) is 0 Å². The Labute approximate surface area is 125 Å². The first-order valence-corrected chi connectivity index (χ1v) is 7.05.